The molecular formula is C40H25NO2. The summed E-state index contributed by atoms with van der Waals surface area (Å²) in [6.07, 6.45) is 0. The SMILES string of the molecule is c1ccc(N(c2ccc(-c3ccc4ccc5oc6ccccc6c5c4c3)cc2)c2ccc3oc4ccccc4c3c2)cc1. The van der Waals surface area contributed by atoms with Crippen LogP contribution in [0.1, 0.15) is 0 Å². The molecule has 0 bridgehead atoms. The zero-order valence-corrected chi connectivity index (χ0v) is 23.2. The van der Waals surface area contributed by atoms with Crippen molar-refractivity contribution in [3.8, 4) is 11.1 Å². The average Bonchev–Trinajstić information content (AvgIpc) is 3.64. The number of furan rings is 2. The molecule has 3 nitrogen and oxygen atoms in total. The van der Waals surface area contributed by atoms with Crippen LogP contribution in [0.3, 0.4) is 0 Å². The van der Waals surface area contributed by atoms with Gasteiger partial charge in [0.2, 0.25) is 0 Å². The van der Waals surface area contributed by atoms with Crippen molar-refractivity contribution in [3.05, 3.63) is 152 Å². The van der Waals surface area contributed by atoms with Crippen molar-refractivity contribution in [1.29, 1.82) is 0 Å². The van der Waals surface area contributed by atoms with E-state index in [4.69, 9.17) is 8.83 Å². The second kappa shape index (κ2) is 9.37. The minimum Gasteiger partial charge on any atom is -0.456 e. The Labute approximate surface area is 247 Å². The molecule has 9 rings (SSSR count). The lowest BCUT2D eigenvalue weighted by Crippen LogP contribution is -2.09. The molecule has 7 aromatic carbocycles. The highest BCUT2D eigenvalue weighted by Gasteiger charge is 2.16. The summed E-state index contributed by atoms with van der Waals surface area (Å²) in [4.78, 5) is 2.30. The van der Waals surface area contributed by atoms with E-state index in [2.05, 4.69) is 132 Å². The van der Waals surface area contributed by atoms with Crippen molar-refractivity contribution in [2.24, 2.45) is 0 Å². The Morgan fingerprint density at radius 1 is 0.349 bits per heavy atom. The summed E-state index contributed by atoms with van der Waals surface area (Å²) in [5.74, 6) is 0. The Bertz CT molecular complexity index is 2450. The third-order valence-electron chi connectivity index (χ3n) is 8.45. The molecule has 0 unspecified atom stereocenters. The lowest BCUT2D eigenvalue weighted by atomic mass is 9.98. The van der Waals surface area contributed by atoms with Crippen LogP contribution in [0, 0.1) is 0 Å². The first-order valence-corrected chi connectivity index (χ1v) is 14.5. The lowest BCUT2D eigenvalue weighted by molar-refractivity contribution is 0.668. The maximum absolute atomic E-state index is 6.17. The fourth-order valence-electron chi connectivity index (χ4n) is 6.40. The minimum atomic E-state index is 0.893. The number of anilines is 3. The molecule has 3 heteroatoms. The number of hydrogen-bond donors (Lipinski definition) is 0. The van der Waals surface area contributed by atoms with Crippen LogP contribution in [0.25, 0.3) is 65.8 Å². The average molecular weight is 552 g/mol. The quantitative estimate of drug-likeness (QED) is 0.218. The first kappa shape index (κ1) is 23.9. The zero-order chi connectivity index (χ0) is 28.3. The molecule has 0 aliphatic rings. The van der Waals surface area contributed by atoms with Crippen LogP contribution in [-0.2, 0) is 0 Å². The van der Waals surface area contributed by atoms with Gasteiger partial charge in [-0.1, -0.05) is 84.9 Å². The third-order valence-corrected chi connectivity index (χ3v) is 8.45. The second-order valence-corrected chi connectivity index (χ2v) is 11.0. The van der Waals surface area contributed by atoms with E-state index in [-0.39, 0.29) is 0 Å². The highest BCUT2D eigenvalue weighted by atomic mass is 16.3. The van der Waals surface area contributed by atoms with E-state index in [1.54, 1.807) is 0 Å². The zero-order valence-electron chi connectivity index (χ0n) is 23.2. The molecule has 0 saturated carbocycles. The number of hydrogen-bond acceptors (Lipinski definition) is 3. The summed E-state index contributed by atoms with van der Waals surface area (Å²) in [6, 6.07) is 53.2. The lowest BCUT2D eigenvalue weighted by Gasteiger charge is -2.25. The van der Waals surface area contributed by atoms with Gasteiger partial charge in [-0.05, 0) is 88.6 Å². The molecule has 0 saturated heterocycles. The van der Waals surface area contributed by atoms with Gasteiger partial charge in [-0.3, -0.25) is 0 Å². The fourth-order valence-corrected chi connectivity index (χ4v) is 6.40. The number of fused-ring (bicyclic) bond motifs is 8. The van der Waals surface area contributed by atoms with Crippen LogP contribution in [-0.4, -0.2) is 0 Å². The summed E-state index contributed by atoms with van der Waals surface area (Å²) in [5, 5.41) is 6.96. The molecular weight excluding hydrogens is 526 g/mol. The molecule has 0 aliphatic carbocycles. The van der Waals surface area contributed by atoms with E-state index in [0.29, 0.717) is 0 Å². The normalized spacial score (nSPS) is 11.7. The molecule has 2 heterocycles. The highest BCUT2D eigenvalue weighted by Crippen LogP contribution is 2.40. The fraction of sp³-hybridized carbons (Fsp3) is 0. The number of benzene rings is 7. The number of nitrogens with zero attached hydrogens (tertiary/aromatic N) is 1. The maximum Gasteiger partial charge on any atom is 0.136 e. The Morgan fingerprint density at radius 3 is 1.77 bits per heavy atom. The molecule has 0 atom stereocenters. The molecule has 0 N–H and O–H groups in total. The third kappa shape index (κ3) is 3.83. The monoisotopic (exact) mass is 551 g/mol. The molecule has 2 aromatic heterocycles. The molecule has 0 radical (unpaired) electrons. The Kier molecular flexibility index (Phi) is 5.20. The summed E-state index contributed by atoms with van der Waals surface area (Å²) in [6.45, 7) is 0. The predicted molar refractivity (Wildman–Crippen MR) is 179 cm³/mol. The van der Waals surface area contributed by atoms with Crippen LogP contribution in [0.15, 0.2) is 160 Å². The van der Waals surface area contributed by atoms with Crippen LogP contribution in [0.2, 0.25) is 0 Å². The minimum absolute atomic E-state index is 0.893. The van der Waals surface area contributed by atoms with Gasteiger partial charge in [-0.15, -0.1) is 0 Å². The van der Waals surface area contributed by atoms with Gasteiger partial charge >= 0.3 is 0 Å². The van der Waals surface area contributed by atoms with E-state index in [1.807, 2.05) is 24.3 Å². The van der Waals surface area contributed by atoms with Gasteiger partial charge in [0.25, 0.3) is 0 Å². The van der Waals surface area contributed by atoms with Crippen molar-refractivity contribution < 1.29 is 8.83 Å². The van der Waals surface area contributed by atoms with Crippen molar-refractivity contribution in [3.63, 3.8) is 0 Å². The first-order valence-electron chi connectivity index (χ1n) is 14.5. The van der Waals surface area contributed by atoms with E-state index in [9.17, 15) is 0 Å². The Balaban J connectivity index is 1.16. The topological polar surface area (TPSA) is 29.5 Å². The summed E-state index contributed by atoms with van der Waals surface area (Å²) in [7, 11) is 0. The molecule has 0 amide bonds. The smallest absolute Gasteiger partial charge is 0.136 e. The highest BCUT2D eigenvalue weighted by molar-refractivity contribution is 6.19. The van der Waals surface area contributed by atoms with Gasteiger partial charge in [0.1, 0.15) is 22.3 Å². The molecule has 9 aromatic rings. The Hall–Kier alpha value is -5.80. The van der Waals surface area contributed by atoms with Gasteiger partial charge in [0, 0.05) is 38.6 Å². The Morgan fingerprint density at radius 2 is 0.930 bits per heavy atom. The van der Waals surface area contributed by atoms with Gasteiger partial charge in [-0.2, -0.15) is 0 Å². The maximum atomic E-state index is 6.17. The summed E-state index contributed by atoms with van der Waals surface area (Å²) in [5.41, 5.74) is 9.25. The summed E-state index contributed by atoms with van der Waals surface area (Å²) < 4.78 is 12.3. The first-order chi connectivity index (χ1) is 21.3. The second-order valence-electron chi connectivity index (χ2n) is 11.0. The van der Waals surface area contributed by atoms with Crippen molar-refractivity contribution >= 4 is 71.7 Å². The van der Waals surface area contributed by atoms with Crippen LogP contribution >= 0.6 is 0 Å². The number of para-hydroxylation sites is 3. The van der Waals surface area contributed by atoms with Gasteiger partial charge in [0.15, 0.2) is 0 Å². The van der Waals surface area contributed by atoms with Crippen molar-refractivity contribution in [1.82, 2.24) is 0 Å². The van der Waals surface area contributed by atoms with Gasteiger partial charge in [0.05, 0.1) is 0 Å². The predicted octanol–water partition coefficient (Wildman–Crippen LogP) is 11.8. The van der Waals surface area contributed by atoms with Crippen LogP contribution < -0.4 is 4.90 Å². The molecule has 0 aliphatic heterocycles. The number of rotatable bonds is 4. The van der Waals surface area contributed by atoms with E-state index < -0.39 is 0 Å². The standard InChI is InChI=1S/C40H25NO2/c1-2-8-29(9-3-1)41(31-21-23-38-35(25-31)32-10-4-6-12-36(32)42-38)30-19-16-26(17-20-30)28-15-14-27-18-22-39-40(34(27)24-28)33-11-5-7-13-37(33)43-39/h1-25H. The largest absolute Gasteiger partial charge is 0.456 e. The molecule has 0 spiro atoms. The molecule has 0 fully saturated rings. The van der Waals surface area contributed by atoms with E-state index in [0.717, 1.165) is 55.6 Å². The van der Waals surface area contributed by atoms with Gasteiger partial charge < -0.3 is 13.7 Å². The van der Waals surface area contributed by atoms with Gasteiger partial charge in [-0.25, -0.2) is 0 Å². The van der Waals surface area contributed by atoms with Crippen LogP contribution in [0.5, 0.6) is 0 Å². The molecule has 43 heavy (non-hydrogen) atoms. The van der Waals surface area contributed by atoms with Crippen molar-refractivity contribution in [2.75, 3.05) is 4.90 Å². The van der Waals surface area contributed by atoms with Crippen molar-refractivity contribution in [2.45, 2.75) is 0 Å². The van der Waals surface area contributed by atoms with E-state index in [1.165, 1.54) is 27.3 Å². The molecule has 202 valence electrons. The van der Waals surface area contributed by atoms with Crippen LogP contribution in [0.4, 0.5) is 17.1 Å². The van der Waals surface area contributed by atoms with E-state index >= 15 is 0 Å². The summed E-state index contributed by atoms with van der Waals surface area (Å²) >= 11 is 0.